The van der Waals surface area contributed by atoms with Gasteiger partial charge in [0.15, 0.2) is 0 Å². The van der Waals surface area contributed by atoms with E-state index in [9.17, 15) is 5.11 Å². The molecule has 0 aliphatic heterocycles. The van der Waals surface area contributed by atoms with Crippen molar-refractivity contribution in [1.82, 2.24) is 0 Å². The van der Waals surface area contributed by atoms with Gasteiger partial charge in [0, 0.05) is 0 Å². The van der Waals surface area contributed by atoms with Gasteiger partial charge in [0.05, 0.1) is 5.60 Å². The van der Waals surface area contributed by atoms with Gasteiger partial charge in [-0.15, -0.1) is 0 Å². The molecule has 2 aromatic rings. The lowest BCUT2D eigenvalue weighted by atomic mass is 9.42. The maximum atomic E-state index is 11.4. The Hall–Kier alpha value is -1.60. The van der Waals surface area contributed by atoms with Crippen molar-refractivity contribution in [2.45, 2.75) is 69.8 Å². The lowest BCUT2D eigenvalue weighted by molar-refractivity contribution is -0.147. The second-order valence-electron chi connectivity index (χ2n) is 9.75. The van der Waals surface area contributed by atoms with E-state index in [-0.39, 0.29) is 5.41 Å². The summed E-state index contributed by atoms with van der Waals surface area (Å²) < 4.78 is 0. The summed E-state index contributed by atoms with van der Waals surface area (Å²) in [5.41, 5.74) is 6.84. The first kappa shape index (κ1) is 16.6. The van der Waals surface area contributed by atoms with Gasteiger partial charge in [-0.2, -0.15) is 0 Å². The molecule has 1 heteroatoms. The third-order valence-electron chi connectivity index (χ3n) is 7.85. The van der Waals surface area contributed by atoms with Gasteiger partial charge < -0.3 is 5.11 Å². The molecule has 26 heavy (non-hydrogen) atoms. The molecule has 0 spiro atoms. The molecule has 4 fully saturated rings. The summed E-state index contributed by atoms with van der Waals surface area (Å²) in [6.07, 6.45) is 5.44. The summed E-state index contributed by atoms with van der Waals surface area (Å²) in [7, 11) is 0. The van der Waals surface area contributed by atoms with Gasteiger partial charge in [-0.3, -0.25) is 0 Å². The van der Waals surface area contributed by atoms with Gasteiger partial charge in [0.1, 0.15) is 0 Å². The van der Waals surface area contributed by atoms with E-state index in [2.05, 4.69) is 63.2 Å². The average molecular weight is 347 g/mol. The van der Waals surface area contributed by atoms with E-state index in [0.717, 1.165) is 19.3 Å². The highest BCUT2D eigenvalue weighted by Gasteiger charge is 2.61. The third kappa shape index (κ3) is 2.40. The van der Waals surface area contributed by atoms with Crippen LogP contribution in [0.25, 0.3) is 0 Å². The number of hydrogen-bond acceptors (Lipinski definition) is 1. The van der Waals surface area contributed by atoms with Crippen LogP contribution in [-0.4, -0.2) is 10.7 Å². The molecular weight excluding hydrogens is 316 g/mol. The van der Waals surface area contributed by atoms with Crippen molar-refractivity contribution in [1.29, 1.82) is 0 Å². The molecule has 0 radical (unpaired) electrons. The summed E-state index contributed by atoms with van der Waals surface area (Å²) >= 11 is 0. The summed E-state index contributed by atoms with van der Waals surface area (Å²) in [5.74, 6) is 1.87. The average Bonchev–Trinajstić information content (AvgIpc) is 2.57. The first-order chi connectivity index (χ1) is 12.4. The molecule has 3 unspecified atom stereocenters. The SMILES string of the molecule is Cc1ccc(C2[C@@H]3CC4(O)C[C@H]2CC(c2ccc(C)c(C)c2)(C3)C4)cc1. The van der Waals surface area contributed by atoms with Crippen molar-refractivity contribution in [3.05, 3.63) is 70.3 Å². The van der Waals surface area contributed by atoms with Crippen LogP contribution in [0.2, 0.25) is 0 Å². The van der Waals surface area contributed by atoms with Crippen LogP contribution < -0.4 is 0 Å². The predicted molar refractivity (Wildman–Crippen MR) is 107 cm³/mol. The van der Waals surface area contributed by atoms with E-state index in [1.807, 2.05) is 0 Å². The number of hydrogen-bond donors (Lipinski definition) is 1. The van der Waals surface area contributed by atoms with E-state index in [1.165, 1.54) is 40.7 Å². The number of aryl methyl sites for hydroxylation is 3. The van der Waals surface area contributed by atoms with Crippen molar-refractivity contribution >= 4 is 0 Å². The molecule has 1 N–H and O–H groups in total. The molecule has 0 amide bonds. The van der Waals surface area contributed by atoms with E-state index in [0.29, 0.717) is 17.8 Å². The van der Waals surface area contributed by atoms with Gasteiger partial charge in [-0.1, -0.05) is 48.0 Å². The summed E-state index contributed by atoms with van der Waals surface area (Å²) in [6.45, 7) is 6.58. The fraction of sp³-hybridized carbons (Fsp3) is 0.520. The van der Waals surface area contributed by atoms with Gasteiger partial charge in [-0.05, 0) is 98.3 Å². The van der Waals surface area contributed by atoms with Crippen molar-refractivity contribution < 1.29 is 5.11 Å². The molecule has 0 aromatic heterocycles. The van der Waals surface area contributed by atoms with Crippen molar-refractivity contribution in [3.8, 4) is 0 Å². The van der Waals surface area contributed by atoms with Crippen LogP contribution in [0.4, 0.5) is 0 Å². The Morgan fingerprint density at radius 1 is 0.808 bits per heavy atom. The standard InChI is InChI=1S/C25H30O/c1-16-4-7-19(8-5-16)23-20-11-24(22-9-6-17(2)18(3)10-22)12-21(23)14-25(26,13-20)15-24/h4-10,20-21,23,26H,11-15H2,1-3H3/t20-,21+,23?,24?,25?. The maximum Gasteiger partial charge on any atom is 0.0662 e. The lowest BCUT2D eigenvalue weighted by Gasteiger charge is -2.63. The predicted octanol–water partition coefficient (Wildman–Crippen LogP) is 5.59. The largest absolute Gasteiger partial charge is 0.390 e. The van der Waals surface area contributed by atoms with Crippen LogP contribution in [0.5, 0.6) is 0 Å². The van der Waals surface area contributed by atoms with Crippen LogP contribution in [0.3, 0.4) is 0 Å². The zero-order chi connectivity index (χ0) is 18.1. The Morgan fingerprint density at radius 3 is 2.08 bits per heavy atom. The number of benzene rings is 2. The highest BCUT2D eigenvalue weighted by molar-refractivity contribution is 5.39. The molecule has 4 aliphatic rings. The van der Waals surface area contributed by atoms with Gasteiger partial charge in [-0.25, -0.2) is 0 Å². The quantitative estimate of drug-likeness (QED) is 0.752. The van der Waals surface area contributed by atoms with E-state index in [1.54, 1.807) is 0 Å². The molecule has 1 nitrogen and oxygen atoms in total. The minimum atomic E-state index is -0.439. The molecule has 5 atom stereocenters. The smallest absolute Gasteiger partial charge is 0.0662 e. The minimum Gasteiger partial charge on any atom is -0.390 e. The number of aliphatic hydroxyl groups is 1. The Kier molecular flexibility index (Phi) is 3.47. The summed E-state index contributed by atoms with van der Waals surface area (Å²) in [5, 5.41) is 11.4. The zero-order valence-corrected chi connectivity index (χ0v) is 16.3. The molecule has 4 aliphatic carbocycles. The van der Waals surface area contributed by atoms with Crippen LogP contribution in [-0.2, 0) is 5.41 Å². The van der Waals surface area contributed by atoms with Crippen LogP contribution in [0, 0.1) is 32.6 Å². The highest BCUT2D eigenvalue weighted by atomic mass is 16.3. The van der Waals surface area contributed by atoms with Crippen LogP contribution in [0.15, 0.2) is 42.5 Å². The summed E-state index contributed by atoms with van der Waals surface area (Å²) in [4.78, 5) is 0. The molecule has 136 valence electrons. The zero-order valence-electron chi connectivity index (χ0n) is 16.3. The molecule has 2 aromatic carbocycles. The molecule has 0 heterocycles. The fourth-order valence-corrected chi connectivity index (χ4v) is 6.84. The van der Waals surface area contributed by atoms with Crippen LogP contribution in [0.1, 0.15) is 65.8 Å². The minimum absolute atomic E-state index is 0.195. The Morgan fingerprint density at radius 2 is 1.46 bits per heavy atom. The van der Waals surface area contributed by atoms with Crippen LogP contribution >= 0.6 is 0 Å². The van der Waals surface area contributed by atoms with Crippen molar-refractivity contribution in [2.75, 3.05) is 0 Å². The monoisotopic (exact) mass is 346 g/mol. The fourth-order valence-electron chi connectivity index (χ4n) is 6.84. The third-order valence-corrected chi connectivity index (χ3v) is 7.85. The normalized spacial score (nSPS) is 37.9. The first-order valence-corrected chi connectivity index (χ1v) is 10.2. The van der Waals surface area contributed by atoms with Gasteiger partial charge in [0.25, 0.3) is 0 Å². The Balaban J connectivity index is 1.55. The molecule has 0 saturated heterocycles. The first-order valence-electron chi connectivity index (χ1n) is 10.2. The van der Waals surface area contributed by atoms with Crippen molar-refractivity contribution in [3.63, 3.8) is 0 Å². The second-order valence-corrected chi connectivity index (χ2v) is 9.75. The second kappa shape index (κ2) is 5.45. The molecular formula is C25H30O. The molecule has 4 bridgehead atoms. The lowest BCUT2D eigenvalue weighted by Crippen LogP contribution is -2.60. The Bertz CT molecular complexity index is 831. The Labute approximate surface area is 157 Å². The van der Waals surface area contributed by atoms with Crippen molar-refractivity contribution in [2.24, 2.45) is 11.8 Å². The molecule has 6 rings (SSSR count). The number of rotatable bonds is 2. The van der Waals surface area contributed by atoms with E-state index >= 15 is 0 Å². The summed E-state index contributed by atoms with van der Waals surface area (Å²) in [6, 6.07) is 16.2. The molecule has 4 saturated carbocycles. The van der Waals surface area contributed by atoms with E-state index < -0.39 is 5.60 Å². The highest BCUT2D eigenvalue weighted by Crippen LogP contribution is 2.66. The van der Waals surface area contributed by atoms with Gasteiger partial charge >= 0.3 is 0 Å². The van der Waals surface area contributed by atoms with Gasteiger partial charge in [0.2, 0.25) is 0 Å². The maximum absolute atomic E-state index is 11.4. The van der Waals surface area contributed by atoms with E-state index in [4.69, 9.17) is 0 Å². The topological polar surface area (TPSA) is 20.2 Å².